The van der Waals surface area contributed by atoms with Crippen LogP contribution in [0.15, 0.2) is 29.1 Å². The van der Waals surface area contributed by atoms with Crippen LogP contribution in [0.1, 0.15) is 43.1 Å². The Morgan fingerprint density at radius 2 is 2.04 bits per heavy atom. The number of fused-ring (bicyclic) bond motifs is 1. The van der Waals surface area contributed by atoms with Gasteiger partial charge in [-0.05, 0) is 31.7 Å². The van der Waals surface area contributed by atoms with E-state index >= 15 is 0 Å². The van der Waals surface area contributed by atoms with E-state index < -0.39 is 11.9 Å². The second-order valence-corrected chi connectivity index (χ2v) is 6.24. The van der Waals surface area contributed by atoms with Crippen LogP contribution in [0.4, 0.5) is 0 Å². The van der Waals surface area contributed by atoms with Gasteiger partial charge in [-0.2, -0.15) is 5.10 Å². The van der Waals surface area contributed by atoms with E-state index in [1.165, 1.54) is 4.68 Å². The van der Waals surface area contributed by atoms with Gasteiger partial charge in [-0.25, -0.2) is 4.68 Å². The number of carbonyl (C=O) groups excluding carboxylic acids is 2. The summed E-state index contributed by atoms with van der Waals surface area (Å²) in [6.07, 6.45) is 3.11. The summed E-state index contributed by atoms with van der Waals surface area (Å²) >= 11 is 0. The van der Waals surface area contributed by atoms with Crippen molar-refractivity contribution in [2.45, 2.75) is 45.2 Å². The monoisotopic (exact) mass is 342 g/mol. The largest absolute Gasteiger partial charge is 0.354 e. The van der Waals surface area contributed by atoms with E-state index in [9.17, 15) is 14.4 Å². The van der Waals surface area contributed by atoms with Gasteiger partial charge in [-0.3, -0.25) is 14.4 Å². The zero-order chi connectivity index (χ0) is 17.8. The third kappa shape index (κ3) is 3.55. The molecule has 0 bridgehead atoms. The van der Waals surface area contributed by atoms with E-state index in [0.717, 1.165) is 19.3 Å². The highest BCUT2D eigenvalue weighted by atomic mass is 16.2. The lowest BCUT2D eigenvalue weighted by Crippen LogP contribution is -2.46. The first-order valence-electron chi connectivity index (χ1n) is 8.70. The molecule has 2 heterocycles. The number of benzene rings is 1. The van der Waals surface area contributed by atoms with Crippen LogP contribution in [0.2, 0.25) is 0 Å². The van der Waals surface area contributed by atoms with Crippen molar-refractivity contribution in [2.24, 2.45) is 0 Å². The molecule has 7 nitrogen and oxygen atoms in total. The van der Waals surface area contributed by atoms with Crippen LogP contribution >= 0.6 is 0 Å². The van der Waals surface area contributed by atoms with Crippen LogP contribution in [-0.4, -0.2) is 34.2 Å². The van der Waals surface area contributed by atoms with Gasteiger partial charge in [0.05, 0.1) is 5.39 Å². The Morgan fingerprint density at radius 1 is 1.28 bits per heavy atom. The second kappa shape index (κ2) is 7.46. The molecule has 3 rings (SSSR count). The topological polar surface area (TPSA) is 93.1 Å². The molecule has 0 unspecified atom stereocenters. The van der Waals surface area contributed by atoms with Crippen LogP contribution in [0, 0.1) is 0 Å². The summed E-state index contributed by atoms with van der Waals surface area (Å²) < 4.78 is 1.32. The molecule has 132 valence electrons. The Bertz CT molecular complexity index is 859. The van der Waals surface area contributed by atoms with E-state index in [1.807, 2.05) is 6.92 Å². The number of rotatable bonds is 4. The summed E-state index contributed by atoms with van der Waals surface area (Å²) in [6, 6.07) is 6.37. The number of hydrogen-bond acceptors (Lipinski definition) is 4. The number of hydrogen-bond donors (Lipinski definition) is 2. The van der Waals surface area contributed by atoms with Crippen LogP contribution in [-0.2, 0) is 11.3 Å². The molecule has 1 saturated heterocycles. The highest BCUT2D eigenvalue weighted by Crippen LogP contribution is 2.14. The van der Waals surface area contributed by atoms with Crippen molar-refractivity contribution in [3.63, 3.8) is 0 Å². The molecule has 1 aromatic carbocycles. The fraction of sp³-hybridized carbons (Fsp3) is 0.444. The van der Waals surface area contributed by atoms with Gasteiger partial charge >= 0.3 is 0 Å². The van der Waals surface area contributed by atoms with E-state index in [0.29, 0.717) is 30.3 Å². The molecule has 0 radical (unpaired) electrons. The summed E-state index contributed by atoms with van der Waals surface area (Å²) in [5.41, 5.74) is -0.0260. The Balaban J connectivity index is 1.99. The molecule has 25 heavy (non-hydrogen) atoms. The van der Waals surface area contributed by atoms with Gasteiger partial charge < -0.3 is 10.6 Å². The van der Waals surface area contributed by atoms with Gasteiger partial charge in [0.1, 0.15) is 6.04 Å². The van der Waals surface area contributed by atoms with Crippen molar-refractivity contribution in [2.75, 3.05) is 6.54 Å². The minimum Gasteiger partial charge on any atom is -0.354 e. The van der Waals surface area contributed by atoms with Gasteiger partial charge in [-0.15, -0.1) is 0 Å². The van der Waals surface area contributed by atoms with Gasteiger partial charge in [0.15, 0.2) is 5.69 Å². The zero-order valence-electron chi connectivity index (χ0n) is 14.2. The van der Waals surface area contributed by atoms with Crippen molar-refractivity contribution in [1.29, 1.82) is 0 Å². The lowest BCUT2D eigenvalue weighted by Gasteiger charge is -2.16. The van der Waals surface area contributed by atoms with E-state index in [-0.39, 0.29) is 17.2 Å². The summed E-state index contributed by atoms with van der Waals surface area (Å²) in [7, 11) is 0. The maximum atomic E-state index is 12.8. The number of carbonyl (C=O) groups is 2. The molecule has 0 spiro atoms. The molecule has 2 amide bonds. The van der Waals surface area contributed by atoms with Gasteiger partial charge in [0, 0.05) is 18.5 Å². The van der Waals surface area contributed by atoms with Crippen molar-refractivity contribution in [1.82, 2.24) is 20.4 Å². The first-order valence-corrected chi connectivity index (χ1v) is 8.70. The maximum Gasteiger partial charge on any atom is 0.274 e. The predicted octanol–water partition coefficient (Wildman–Crippen LogP) is 1.20. The summed E-state index contributed by atoms with van der Waals surface area (Å²) in [6.45, 7) is 3.01. The Labute approximate surface area is 145 Å². The van der Waals surface area contributed by atoms with Crippen molar-refractivity contribution < 1.29 is 9.59 Å². The number of amides is 2. The summed E-state index contributed by atoms with van der Waals surface area (Å²) in [5, 5.41) is 10.8. The third-order valence-electron chi connectivity index (χ3n) is 4.36. The molecule has 7 heteroatoms. The second-order valence-electron chi connectivity index (χ2n) is 6.24. The quantitative estimate of drug-likeness (QED) is 0.873. The smallest absolute Gasteiger partial charge is 0.274 e. The Kier molecular flexibility index (Phi) is 5.11. The molecule has 2 N–H and O–H groups in total. The van der Waals surface area contributed by atoms with Crippen LogP contribution in [0.5, 0.6) is 0 Å². The first kappa shape index (κ1) is 17.1. The molecular formula is C18H22N4O3. The average Bonchev–Trinajstić information content (AvgIpc) is 2.82. The molecule has 0 aliphatic carbocycles. The molecule has 1 aliphatic rings. The number of aromatic nitrogens is 2. The third-order valence-corrected chi connectivity index (χ3v) is 4.36. The van der Waals surface area contributed by atoms with Crippen molar-refractivity contribution in [3.8, 4) is 0 Å². The first-order chi connectivity index (χ1) is 12.1. The van der Waals surface area contributed by atoms with Crippen molar-refractivity contribution >= 4 is 22.6 Å². The maximum absolute atomic E-state index is 12.8. The van der Waals surface area contributed by atoms with Gasteiger partial charge in [-0.1, -0.05) is 25.1 Å². The molecule has 1 atom stereocenters. The SMILES string of the molecule is CCCn1nc(C(=O)N[C@H]2CCCCNC2=O)c2ccccc2c1=O. The summed E-state index contributed by atoms with van der Waals surface area (Å²) in [5.74, 6) is -0.597. The Morgan fingerprint density at radius 3 is 2.80 bits per heavy atom. The van der Waals surface area contributed by atoms with E-state index in [2.05, 4.69) is 15.7 Å². The van der Waals surface area contributed by atoms with E-state index in [4.69, 9.17) is 0 Å². The van der Waals surface area contributed by atoms with Gasteiger partial charge in [0.25, 0.3) is 11.5 Å². The molecule has 1 aliphatic heterocycles. The fourth-order valence-corrected chi connectivity index (χ4v) is 3.07. The van der Waals surface area contributed by atoms with Crippen LogP contribution in [0.25, 0.3) is 10.8 Å². The molecule has 1 aromatic heterocycles. The minimum absolute atomic E-state index is 0.169. The highest BCUT2D eigenvalue weighted by Gasteiger charge is 2.25. The highest BCUT2D eigenvalue weighted by molar-refractivity contribution is 6.06. The van der Waals surface area contributed by atoms with Crippen molar-refractivity contribution in [3.05, 3.63) is 40.3 Å². The number of aryl methyl sites for hydroxylation is 1. The van der Waals surface area contributed by atoms with Crippen LogP contribution < -0.4 is 16.2 Å². The Hall–Kier alpha value is -2.70. The van der Waals surface area contributed by atoms with Crippen LogP contribution in [0.3, 0.4) is 0 Å². The predicted molar refractivity (Wildman–Crippen MR) is 94.4 cm³/mol. The summed E-state index contributed by atoms with van der Waals surface area (Å²) in [4.78, 5) is 37.3. The molecule has 2 aromatic rings. The standard InChI is InChI=1S/C18H22N4O3/c1-2-11-22-18(25)13-8-4-3-7-12(13)15(21-22)17(24)20-14-9-5-6-10-19-16(14)23/h3-4,7-8,14H,2,5-6,9-11H2,1H3,(H,19,23)(H,20,24)/t14-/m0/s1. The van der Waals surface area contributed by atoms with Gasteiger partial charge in [0.2, 0.25) is 5.91 Å². The lowest BCUT2D eigenvalue weighted by molar-refractivity contribution is -0.122. The average molecular weight is 342 g/mol. The molecular weight excluding hydrogens is 320 g/mol. The molecule has 0 saturated carbocycles. The minimum atomic E-state index is -0.567. The normalized spacial score (nSPS) is 17.8. The van der Waals surface area contributed by atoms with E-state index in [1.54, 1.807) is 24.3 Å². The number of nitrogens with zero attached hydrogens (tertiary/aromatic N) is 2. The number of nitrogens with one attached hydrogen (secondary N) is 2. The molecule has 1 fully saturated rings. The lowest BCUT2D eigenvalue weighted by atomic mass is 10.1. The fourth-order valence-electron chi connectivity index (χ4n) is 3.07. The zero-order valence-corrected chi connectivity index (χ0v) is 14.2.